The van der Waals surface area contributed by atoms with Crippen LogP contribution in [-0.2, 0) is 24.6 Å². The molecule has 0 saturated heterocycles. The summed E-state index contributed by atoms with van der Waals surface area (Å²) in [6.07, 6.45) is -0.0599. The maximum absolute atomic E-state index is 14.0. The number of para-hydroxylation sites is 4. The van der Waals surface area contributed by atoms with Crippen molar-refractivity contribution in [3.8, 4) is 23.0 Å². The summed E-state index contributed by atoms with van der Waals surface area (Å²) >= 11 is 5.24. The predicted octanol–water partition coefficient (Wildman–Crippen LogP) is 7.95. The fraction of sp³-hybridized carbons (Fsp3) is 0.111. The zero-order valence-electron chi connectivity index (χ0n) is 19.2. The fourth-order valence-electron chi connectivity index (χ4n) is 3.19. The van der Waals surface area contributed by atoms with E-state index < -0.39 is 19.8 Å². The van der Waals surface area contributed by atoms with Crippen LogP contribution in [0.2, 0.25) is 0 Å². The van der Waals surface area contributed by atoms with Gasteiger partial charge in [-0.15, -0.1) is 0 Å². The van der Waals surface area contributed by atoms with Gasteiger partial charge < -0.3 is 0 Å². The first kappa shape index (κ1) is 26.1. The molecule has 0 radical (unpaired) electrons. The molecule has 0 spiro atoms. The topological polar surface area (TPSA) is 71.1 Å². The maximum atomic E-state index is 14.0. The first-order chi connectivity index (χ1) is 17.4. The van der Waals surface area contributed by atoms with Crippen LogP contribution < -0.4 is 18.1 Å². The van der Waals surface area contributed by atoms with Crippen molar-refractivity contribution in [2.75, 3.05) is 6.16 Å². The van der Waals surface area contributed by atoms with E-state index in [1.165, 1.54) is 0 Å². The molecular weight excluding hydrogens is 541 g/mol. The molecule has 4 aromatic carbocycles. The van der Waals surface area contributed by atoms with E-state index in [-0.39, 0.29) is 12.6 Å². The van der Waals surface area contributed by atoms with Gasteiger partial charge in [0.15, 0.2) is 0 Å². The Kier molecular flexibility index (Phi) is 8.94. The van der Waals surface area contributed by atoms with Crippen molar-refractivity contribution in [2.45, 2.75) is 11.0 Å². The Balaban J connectivity index is 1.56. The predicted molar refractivity (Wildman–Crippen MR) is 137 cm³/mol. The van der Waals surface area contributed by atoms with E-state index in [4.69, 9.17) is 33.6 Å². The molecule has 6 nitrogen and oxygen atoms in total. The SMILES string of the molecule is O=P(CC[CH]([Ni])P(=O)(Oc1ccccc1)Oc1ccccc1)(Oc1ccccc1)Oc1ccccc1. The molecule has 0 bridgehead atoms. The summed E-state index contributed by atoms with van der Waals surface area (Å²) in [5.41, 5.74) is 0. The van der Waals surface area contributed by atoms with Crippen molar-refractivity contribution in [1.29, 1.82) is 0 Å². The van der Waals surface area contributed by atoms with E-state index in [9.17, 15) is 9.13 Å². The first-order valence-corrected chi connectivity index (χ1v) is 15.1. The summed E-state index contributed by atoms with van der Waals surface area (Å²) in [5.74, 6) is 1.52. The zero-order chi connectivity index (χ0) is 25.3. The van der Waals surface area contributed by atoms with Gasteiger partial charge in [-0.2, -0.15) is 0 Å². The molecule has 4 rings (SSSR count). The third kappa shape index (κ3) is 7.51. The molecule has 189 valence electrons. The molecule has 0 fully saturated rings. The number of benzene rings is 4. The van der Waals surface area contributed by atoms with E-state index in [0.29, 0.717) is 23.0 Å². The van der Waals surface area contributed by atoms with Gasteiger partial charge in [0.1, 0.15) is 0 Å². The van der Waals surface area contributed by atoms with Crippen LogP contribution in [0.15, 0.2) is 121 Å². The minimum absolute atomic E-state index is 0.0356. The molecule has 4 aromatic rings. The number of hydrogen-bond donors (Lipinski definition) is 0. The van der Waals surface area contributed by atoms with Gasteiger partial charge in [0, 0.05) is 0 Å². The third-order valence-corrected chi connectivity index (χ3v) is 9.72. The van der Waals surface area contributed by atoms with Crippen LogP contribution in [0.5, 0.6) is 23.0 Å². The third-order valence-electron chi connectivity index (χ3n) is 4.87. The van der Waals surface area contributed by atoms with Gasteiger partial charge in [-0.05, 0) is 0 Å². The van der Waals surface area contributed by atoms with Gasteiger partial charge in [0.25, 0.3) is 0 Å². The summed E-state index contributed by atoms with van der Waals surface area (Å²) < 4.78 is 50.2. The number of rotatable bonds is 12. The van der Waals surface area contributed by atoms with Crippen LogP contribution in [0.25, 0.3) is 0 Å². The molecule has 1 atom stereocenters. The molecule has 0 N–H and O–H groups in total. The summed E-state index contributed by atoms with van der Waals surface area (Å²) in [5, 5.41) is 0. The van der Waals surface area contributed by atoms with Crippen LogP contribution in [-0.4, -0.2) is 10.8 Å². The van der Waals surface area contributed by atoms with Crippen molar-refractivity contribution in [1.82, 2.24) is 0 Å². The first-order valence-electron chi connectivity index (χ1n) is 11.2. The van der Waals surface area contributed by atoms with Gasteiger partial charge in [0.2, 0.25) is 0 Å². The second kappa shape index (κ2) is 12.3. The van der Waals surface area contributed by atoms with Crippen LogP contribution in [0.3, 0.4) is 0 Å². The van der Waals surface area contributed by atoms with Gasteiger partial charge in [0.05, 0.1) is 0 Å². The Bertz CT molecular complexity index is 1220. The molecule has 0 aliphatic rings. The molecule has 0 saturated carbocycles. The summed E-state index contributed by atoms with van der Waals surface area (Å²) in [4.78, 5) is 0. The molecule has 0 aromatic heterocycles. The van der Waals surface area contributed by atoms with Crippen molar-refractivity contribution in [2.24, 2.45) is 0 Å². The van der Waals surface area contributed by atoms with Gasteiger partial charge in [-0.3, -0.25) is 0 Å². The van der Waals surface area contributed by atoms with Crippen molar-refractivity contribution in [3.05, 3.63) is 121 Å². The van der Waals surface area contributed by atoms with Crippen LogP contribution >= 0.6 is 15.2 Å². The molecule has 1 unspecified atom stereocenters. The second-order valence-corrected chi connectivity index (χ2v) is 12.8. The van der Waals surface area contributed by atoms with Crippen LogP contribution in [0, 0.1) is 0 Å². The Morgan fingerprint density at radius 2 is 0.833 bits per heavy atom. The Hall–Kier alpha value is -2.97. The molecule has 0 aliphatic carbocycles. The van der Waals surface area contributed by atoms with E-state index >= 15 is 0 Å². The summed E-state index contributed by atoms with van der Waals surface area (Å²) in [6.45, 7) is 0. The quantitative estimate of drug-likeness (QED) is 0.128. The van der Waals surface area contributed by atoms with Crippen LogP contribution in [0.1, 0.15) is 6.42 Å². The van der Waals surface area contributed by atoms with Gasteiger partial charge in [-0.1, -0.05) is 0 Å². The molecule has 0 heterocycles. The Labute approximate surface area is 219 Å². The zero-order valence-corrected chi connectivity index (χ0v) is 22.0. The fourth-order valence-corrected chi connectivity index (χ4v) is 7.25. The van der Waals surface area contributed by atoms with E-state index in [2.05, 4.69) is 0 Å². The monoisotopic (exact) mass is 565 g/mol. The number of hydrogen-bond acceptors (Lipinski definition) is 6. The molecular formula is C27H25NiO6P2. The molecule has 36 heavy (non-hydrogen) atoms. The van der Waals surface area contributed by atoms with Crippen molar-refractivity contribution < 1.29 is 42.7 Å². The standard InChI is InChI=1S/C27H25O6P2.Ni/c28-34(30-24-14-5-1-6-15-24,31-25-16-7-2-8-17-25)22-13-23-35(29,32-26-18-9-3-10-19-26)33-27-20-11-4-12-21-27;/h1-12,14-22H,13,23H2;. The summed E-state index contributed by atoms with van der Waals surface area (Å²) in [6, 6.07) is 34.9. The van der Waals surface area contributed by atoms with E-state index in [1.54, 1.807) is 97.1 Å². The second-order valence-electron chi connectivity index (χ2n) is 7.67. The molecule has 0 aliphatic heterocycles. The average molecular weight is 566 g/mol. The Morgan fingerprint density at radius 1 is 0.528 bits per heavy atom. The Morgan fingerprint density at radius 3 is 1.17 bits per heavy atom. The van der Waals surface area contributed by atoms with E-state index in [0.717, 1.165) is 0 Å². The minimum atomic E-state index is -3.90. The van der Waals surface area contributed by atoms with Crippen molar-refractivity contribution >= 4 is 15.2 Å². The van der Waals surface area contributed by atoms with E-state index in [1.807, 2.05) is 24.3 Å². The van der Waals surface area contributed by atoms with Crippen molar-refractivity contribution in [3.63, 3.8) is 0 Å². The van der Waals surface area contributed by atoms with Crippen LogP contribution in [0.4, 0.5) is 0 Å². The normalized spacial score (nSPS) is 12.4. The average Bonchev–Trinajstić information content (AvgIpc) is 2.89. The molecule has 0 amide bonds. The van der Waals surface area contributed by atoms with Gasteiger partial charge >= 0.3 is 219 Å². The van der Waals surface area contributed by atoms with Gasteiger partial charge in [-0.25, -0.2) is 0 Å². The molecule has 9 heteroatoms. The summed E-state index contributed by atoms with van der Waals surface area (Å²) in [7, 11) is -7.65.